The molecule has 88 valence electrons. The van der Waals surface area contributed by atoms with E-state index in [9.17, 15) is 14.4 Å². The highest BCUT2D eigenvalue weighted by molar-refractivity contribution is 9.10. The Hall–Kier alpha value is -1.89. The van der Waals surface area contributed by atoms with Crippen LogP contribution in [0.15, 0.2) is 10.5 Å². The zero-order valence-electron chi connectivity index (χ0n) is 8.23. The number of hydrogen-bond donors (Lipinski definition) is 1. The van der Waals surface area contributed by atoms with Crippen molar-refractivity contribution >= 4 is 34.0 Å². The van der Waals surface area contributed by atoms with Crippen LogP contribution >= 0.6 is 15.9 Å². The topological polar surface area (TPSA) is 89.9 Å². The molecule has 1 aromatic rings. The van der Waals surface area contributed by atoms with Crippen molar-refractivity contribution in [2.45, 2.75) is 0 Å². The van der Waals surface area contributed by atoms with E-state index in [4.69, 9.17) is 14.6 Å². The molecule has 0 fully saturated rings. The predicted molar refractivity (Wildman–Crippen MR) is 57.6 cm³/mol. The molecule has 0 radical (unpaired) electrons. The second kappa shape index (κ2) is 4.17. The predicted octanol–water partition coefficient (Wildman–Crippen LogP) is 1.26. The van der Waals surface area contributed by atoms with Gasteiger partial charge in [-0.2, -0.15) is 0 Å². The lowest BCUT2D eigenvalue weighted by Crippen LogP contribution is -2.14. The summed E-state index contributed by atoms with van der Waals surface area (Å²) < 4.78 is 10.2. The molecule has 0 unspecified atom stereocenters. The fourth-order valence-corrected chi connectivity index (χ4v) is 2.07. The zero-order chi connectivity index (χ0) is 12.6. The Bertz CT molecular complexity index is 536. The maximum atomic E-state index is 11.5. The molecule has 1 aromatic carbocycles. The molecule has 0 atom stereocenters. The van der Waals surface area contributed by atoms with Gasteiger partial charge in [0.2, 0.25) is 6.79 Å². The number of carbonyl (C=O) groups is 3. The van der Waals surface area contributed by atoms with Gasteiger partial charge in [0.15, 0.2) is 17.8 Å². The third-order valence-corrected chi connectivity index (χ3v) is 2.80. The van der Waals surface area contributed by atoms with Gasteiger partial charge in [-0.3, -0.25) is 9.59 Å². The van der Waals surface area contributed by atoms with E-state index < -0.39 is 11.8 Å². The average molecular weight is 301 g/mol. The molecule has 0 spiro atoms. The molecular weight excluding hydrogens is 296 g/mol. The number of fused-ring (bicyclic) bond motifs is 1. The quantitative estimate of drug-likeness (QED) is 0.513. The lowest BCUT2D eigenvalue weighted by atomic mass is 10.1. The molecule has 2 rings (SSSR count). The number of carbonyl (C=O) groups excluding carboxylic acids is 2. The van der Waals surface area contributed by atoms with Gasteiger partial charge in [-0.15, -0.1) is 0 Å². The van der Waals surface area contributed by atoms with Crippen molar-refractivity contribution in [2.75, 3.05) is 6.79 Å². The first kappa shape index (κ1) is 11.6. The number of ketones is 1. The monoisotopic (exact) mass is 300 g/mol. The fraction of sp³-hybridized carbons (Fsp3) is 0.100. The third-order valence-electron chi connectivity index (χ3n) is 2.17. The number of Topliss-reactive ketones (excluding diaryl/α,β-unsaturated/α-hetero) is 1. The van der Waals surface area contributed by atoms with Gasteiger partial charge in [0, 0.05) is 4.47 Å². The molecule has 0 bridgehead atoms. The largest absolute Gasteiger partial charge is 0.475 e. The molecule has 1 N–H and O–H groups in total. The van der Waals surface area contributed by atoms with Gasteiger partial charge in [-0.25, -0.2) is 4.79 Å². The molecule has 17 heavy (non-hydrogen) atoms. The van der Waals surface area contributed by atoms with Crippen molar-refractivity contribution in [1.82, 2.24) is 0 Å². The first-order valence-corrected chi connectivity index (χ1v) is 5.20. The summed E-state index contributed by atoms with van der Waals surface area (Å²) in [6.07, 6.45) is 0.535. The fourth-order valence-electron chi connectivity index (χ4n) is 1.47. The van der Waals surface area contributed by atoms with Gasteiger partial charge < -0.3 is 14.6 Å². The summed E-state index contributed by atoms with van der Waals surface area (Å²) in [7, 11) is 0. The van der Waals surface area contributed by atoms with E-state index in [1.165, 1.54) is 6.07 Å². The first-order chi connectivity index (χ1) is 8.06. The minimum Gasteiger partial charge on any atom is -0.475 e. The van der Waals surface area contributed by atoms with Crippen LogP contribution < -0.4 is 9.47 Å². The van der Waals surface area contributed by atoms with E-state index in [0.717, 1.165) is 0 Å². The summed E-state index contributed by atoms with van der Waals surface area (Å²) in [5, 5.41) is 8.68. The molecule has 6 nitrogen and oxygen atoms in total. The van der Waals surface area contributed by atoms with Gasteiger partial charge in [0.1, 0.15) is 0 Å². The average Bonchev–Trinajstić information content (AvgIpc) is 2.75. The van der Waals surface area contributed by atoms with E-state index >= 15 is 0 Å². The Morgan fingerprint density at radius 3 is 2.59 bits per heavy atom. The number of carboxylic acids is 1. The van der Waals surface area contributed by atoms with Crippen molar-refractivity contribution in [1.29, 1.82) is 0 Å². The van der Waals surface area contributed by atoms with Crippen LogP contribution in [0.3, 0.4) is 0 Å². The molecule has 0 amide bonds. The Balaban J connectivity index is 2.69. The second-order valence-corrected chi connectivity index (χ2v) is 3.99. The van der Waals surface area contributed by atoms with Crippen LogP contribution in [0.2, 0.25) is 0 Å². The first-order valence-electron chi connectivity index (χ1n) is 4.41. The number of ether oxygens (including phenoxy) is 2. The van der Waals surface area contributed by atoms with Crippen LogP contribution in [0.25, 0.3) is 0 Å². The lowest BCUT2D eigenvalue weighted by Gasteiger charge is -2.06. The maximum Gasteiger partial charge on any atom is 0.377 e. The van der Waals surface area contributed by atoms with E-state index in [0.29, 0.717) is 6.29 Å². The van der Waals surface area contributed by atoms with Crippen molar-refractivity contribution in [3.8, 4) is 11.5 Å². The van der Waals surface area contributed by atoms with Crippen molar-refractivity contribution in [2.24, 2.45) is 0 Å². The minimum atomic E-state index is -1.61. The highest BCUT2D eigenvalue weighted by Gasteiger charge is 2.31. The third kappa shape index (κ3) is 1.78. The van der Waals surface area contributed by atoms with E-state index in [-0.39, 0.29) is 33.9 Å². The second-order valence-electron chi connectivity index (χ2n) is 3.14. The van der Waals surface area contributed by atoms with E-state index in [1.807, 2.05) is 0 Å². The van der Waals surface area contributed by atoms with Gasteiger partial charge in [0.25, 0.3) is 5.78 Å². The standard InChI is InChI=1S/C10H5BrO6/c11-5-1-4(2-12)8-9(17-3-16-8)6(5)7(13)10(14)15/h1-2H,3H2,(H,14,15). The number of rotatable bonds is 3. The number of aldehydes is 1. The normalized spacial score (nSPS) is 12.3. The van der Waals surface area contributed by atoms with Crippen LogP contribution in [-0.2, 0) is 4.79 Å². The van der Waals surface area contributed by atoms with Crippen LogP contribution in [-0.4, -0.2) is 29.9 Å². The minimum absolute atomic E-state index is 0.0196. The van der Waals surface area contributed by atoms with E-state index in [2.05, 4.69) is 15.9 Å². The SMILES string of the molecule is O=Cc1cc(Br)c(C(=O)C(=O)O)c2c1OCO2. The van der Waals surface area contributed by atoms with Crippen LogP contribution in [0.1, 0.15) is 20.7 Å². The van der Waals surface area contributed by atoms with Gasteiger partial charge in [-0.05, 0) is 22.0 Å². The molecular formula is C10H5BrO6. The molecule has 0 aromatic heterocycles. The Kier molecular flexibility index (Phi) is 2.84. The Labute approximate surface area is 103 Å². The van der Waals surface area contributed by atoms with E-state index in [1.54, 1.807) is 0 Å². The molecule has 0 aliphatic carbocycles. The van der Waals surface area contributed by atoms with Crippen LogP contribution in [0.4, 0.5) is 0 Å². The molecule has 1 aliphatic rings. The summed E-state index contributed by atoms with van der Waals surface area (Å²) >= 11 is 3.03. The summed E-state index contributed by atoms with van der Waals surface area (Å²) in [6, 6.07) is 1.32. The van der Waals surface area contributed by atoms with Gasteiger partial charge in [-0.1, -0.05) is 0 Å². The summed E-state index contributed by atoms with van der Waals surface area (Å²) in [4.78, 5) is 32.9. The highest BCUT2D eigenvalue weighted by Crippen LogP contribution is 2.42. The molecule has 0 saturated carbocycles. The smallest absolute Gasteiger partial charge is 0.377 e. The van der Waals surface area contributed by atoms with Gasteiger partial charge >= 0.3 is 5.97 Å². The zero-order valence-corrected chi connectivity index (χ0v) is 9.81. The lowest BCUT2D eigenvalue weighted by molar-refractivity contribution is -0.131. The number of carboxylic acid groups (broad SMARTS) is 1. The number of aliphatic carboxylic acids is 1. The highest BCUT2D eigenvalue weighted by atomic mass is 79.9. The summed E-state index contributed by atoms with van der Waals surface area (Å²) in [5.74, 6) is -2.67. The molecule has 1 aliphatic heterocycles. The molecule has 0 saturated heterocycles. The number of benzene rings is 1. The molecule has 7 heteroatoms. The van der Waals surface area contributed by atoms with Crippen LogP contribution in [0.5, 0.6) is 11.5 Å². The molecule has 1 heterocycles. The Morgan fingerprint density at radius 1 is 1.35 bits per heavy atom. The van der Waals surface area contributed by atoms with Crippen molar-refractivity contribution in [3.05, 3.63) is 21.7 Å². The van der Waals surface area contributed by atoms with Gasteiger partial charge in [0.05, 0.1) is 11.1 Å². The number of halogens is 1. The Morgan fingerprint density at radius 2 is 2.00 bits per heavy atom. The maximum absolute atomic E-state index is 11.5. The van der Waals surface area contributed by atoms with Crippen molar-refractivity contribution < 1.29 is 29.0 Å². The van der Waals surface area contributed by atoms with Crippen molar-refractivity contribution in [3.63, 3.8) is 0 Å². The summed E-state index contributed by atoms with van der Waals surface area (Å²) in [6.45, 7) is -0.160. The number of hydrogen-bond acceptors (Lipinski definition) is 5. The summed E-state index contributed by atoms with van der Waals surface area (Å²) in [5.41, 5.74) is 0.0295. The van der Waals surface area contributed by atoms with Crippen LogP contribution in [0, 0.1) is 0 Å².